The smallest absolute Gasteiger partial charge is 0.280 e. The predicted octanol–water partition coefficient (Wildman–Crippen LogP) is 0.426. The molecule has 2 aliphatic heterocycles. The highest BCUT2D eigenvalue weighted by Crippen LogP contribution is 2.31. The van der Waals surface area contributed by atoms with E-state index in [0.29, 0.717) is 5.56 Å². The van der Waals surface area contributed by atoms with Gasteiger partial charge in [0, 0.05) is 17.7 Å². The highest BCUT2D eigenvalue weighted by molar-refractivity contribution is 7.88. The number of nitro groups is 1. The van der Waals surface area contributed by atoms with Crippen molar-refractivity contribution in [2.75, 3.05) is 6.61 Å². The van der Waals surface area contributed by atoms with E-state index in [4.69, 9.17) is 4.84 Å². The lowest BCUT2D eigenvalue weighted by molar-refractivity contribution is -0.384. The Balaban J connectivity index is 2.03. The molecule has 1 aromatic rings. The minimum absolute atomic E-state index is 0.0884. The van der Waals surface area contributed by atoms with Crippen molar-refractivity contribution in [3.63, 3.8) is 0 Å². The number of nitro benzene ring substituents is 1. The summed E-state index contributed by atoms with van der Waals surface area (Å²) >= 11 is 0. The van der Waals surface area contributed by atoms with Crippen molar-refractivity contribution in [3.8, 4) is 0 Å². The normalized spacial score (nSPS) is 27.5. The van der Waals surface area contributed by atoms with Gasteiger partial charge in [0.15, 0.2) is 11.4 Å². The van der Waals surface area contributed by atoms with Crippen LogP contribution in [0.15, 0.2) is 29.4 Å². The third kappa shape index (κ3) is 1.87. The van der Waals surface area contributed by atoms with Gasteiger partial charge >= 0.3 is 0 Å². The molecule has 0 spiro atoms. The fourth-order valence-corrected chi connectivity index (χ4v) is 3.50. The molecule has 0 aliphatic carbocycles. The second kappa shape index (κ2) is 4.00. The fourth-order valence-electron chi connectivity index (χ4n) is 2.08. The molecule has 100 valence electrons. The summed E-state index contributed by atoms with van der Waals surface area (Å²) in [7, 11) is -3.78. The zero-order chi connectivity index (χ0) is 13.6. The lowest BCUT2D eigenvalue weighted by Crippen LogP contribution is -2.31. The summed E-state index contributed by atoms with van der Waals surface area (Å²) in [5.41, 5.74) is 0.349. The lowest BCUT2D eigenvalue weighted by Gasteiger charge is -2.06. The largest absolute Gasteiger partial charge is 0.388 e. The number of hydrogen-bond donors (Lipinski definition) is 0. The maximum absolute atomic E-state index is 11.7. The Morgan fingerprint density at radius 3 is 2.95 bits per heavy atom. The third-order valence-corrected chi connectivity index (χ3v) is 4.57. The van der Waals surface area contributed by atoms with E-state index in [2.05, 4.69) is 9.34 Å². The van der Waals surface area contributed by atoms with Gasteiger partial charge in [-0.1, -0.05) is 17.3 Å². The van der Waals surface area contributed by atoms with Gasteiger partial charge in [-0.05, 0) is 0 Å². The van der Waals surface area contributed by atoms with Crippen molar-refractivity contribution in [1.29, 1.82) is 0 Å². The quantitative estimate of drug-likeness (QED) is 0.442. The maximum atomic E-state index is 11.7. The fraction of sp³-hybridized carbons (Fsp3) is 0.300. The molecular weight excluding hydrogens is 276 g/mol. The van der Waals surface area contributed by atoms with E-state index in [1.54, 1.807) is 6.07 Å². The van der Waals surface area contributed by atoms with Gasteiger partial charge in [0.05, 0.1) is 4.92 Å². The molecular formula is C10H8N2O6S. The Bertz CT molecular complexity index is 683. The van der Waals surface area contributed by atoms with Gasteiger partial charge in [-0.3, -0.25) is 14.3 Å². The van der Waals surface area contributed by atoms with Gasteiger partial charge in [0.25, 0.3) is 15.8 Å². The van der Waals surface area contributed by atoms with Crippen LogP contribution < -0.4 is 0 Å². The van der Waals surface area contributed by atoms with Crippen LogP contribution in [0.2, 0.25) is 0 Å². The average molecular weight is 284 g/mol. The molecule has 2 atom stereocenters. The molecule has 0 unspecified atom stereocenters. The minimum atomic E-state index is -3.78. The standard InChI is InChI=1S/C10H8N2O6S/c13-12(14)7-3-1-2-6(4-7)9-10-8(18-11-9)5-17-19(10,15)16/h1-4,8,10H,5H2/t8-,10+/m1/s1. The van der Waals surface area contributed by atoms with Crippen LogP contribution in [0.5, 0.6) is 0 Å². The molecule has 0 bridgehead atoms. The molecule has 0 aromatic heterocycles. The molecule has 1 fully saturated rings. The number of rotatable bonds is 2. The van der Waals surface area contributed by atoms with Crippen LogP contribution in [0, 0.1) is 10.1 Å². The van der Waals surface area contributed by atoms with Crippen LogP contribution in [0.1, 0.15) is 5.56 Å². The molecule has 0 radical (unpaired) electrons. The van der Waals surface area contributed by atoms with Crippen molar-refractivity contribution in [3.05, 3.63) is 39.9 Å². The van der Waals surface area contributed by atoms with Crippen LogP contribution in [-0.4, -0.2) is 37.0 Å². The first kappa shape index (κ1) is 12.1. The van der Waals surface area contributed by atoms with Gasteiger partial charge in [-0.2, -0.15) is 8.42 Å². The highest BCUT2D eigenvalue weighted by atomic mass is 32.2. The van der Waals surface area contributed by atoms with Crippen LogP contribution in [0.3, 0.4) is 0 Å². The molecule has 2 heterocycles. The van der Waals surface area contributed by atoms with Gasteiger partial charge < -0.3 is 4.84 Å². The van der Waals surface area contributed by atoms with Gasteiger partial charge in [0.1, 0.15) is 12.3 Å². The van der Waals surface area contributed by atoms with Crippen LogP contribution >= 0.6 is 0 Å². The van der Waals surface area contributed by atoms with Crippen molar-refractivity contribution in [2.24, 2.45) is 5.16 Å². The number of fused-ring (bicyclic) bond motifs is 1. The van der Waals surface area contributed by atoms with E-state index in [9.17, 15) is 18.5 Å². The molecule has 1 aromatic carbocycles. The van der Waals surface area contributed by atoms with Crippen molar-refractivity contribution >= 4 is 21.5 Å². The van der Waals surface area contributed by atoms with Crippen LogP contribution in [0.4, 0.5) is 5.69 Å². The number of benzene rings is 1. The van der Waals surface area contributed by atoms with Crippen molar-refractivity contribution in [2.45, 2.75) is 11.4 Å². The SMILES string of the molecule is O=[N+]([O-])c1cccc(C2=NO[C@@H]3COS(=O)(=O)[C@H]23)c1. The lowest BCUT2D eigenvalue weighted by atomic mass is 10.0. The van der Waals surface area contributed by atoms with Gasteiger partial charge in [-0.15, -0.1) is 0 Å². The molecule has 3 rings (SSSR count). The molecule has 0 N–H and O–H groups in total. The summed E-state index contributed by atoms with van der Waals surface area (Å²) in [6, 6.07) is 5.59. The summed E-state index contributed by atoms with van der Waals surface area (Å²) in [6.07, 6.45) is -0.681. The topological polar surface area (TPSA) is 108 Å². The molecule has 8 nitrogen and oxygen atoms in total. The van der Waals surface area contributed by atoms with Crippen LogP contribution in [0.25, 0.3) is 0 Å². The molecule has 9 heteroatoms. The van der Waals surface area contributed by atoms with E-state index in [1.165, 1.54) is 18.2 Å². The number of nitrogens with zero attached hydrogens (tertiary/aromatic N) is 2. The Kier molecular flexibility index (Phi) is 2.54. The Hall–Kier alpha value is -2.00. The van der Waals surface area contributed by atoms with E-state index in [0.717, 1.165) is 0 Å². The third-order valence-electron chi connectivity index (χ3n) is 2.95. The Morgan fingerprint density at radius 1 is 1.42 bits per heavy atom. The first-order valence-electron chi connectivity index (χ1n) is 5.36. The van der Waals surface area contributed by atoms with Gasteiger partial charge in [0.2, 0.25) is 0 Å². The first-order valence-corrected chi connectivity index (χ1v) is 6.83. The molecule has 1 saturated heterocycles. The second-order valence-electron chi connectivity index (χ2n) is 4.13. The Morgan fingerprint density at radius 2 is 2.21 bits per heavy atom. The zero-order valence-corrected chi connectivity index (χ0v) is 10.2. The van der Waals surface area contributed by atoms with E-state index in [1.807, 2.05) is 0 Å². The van der Waals surface area contributed by atoms with Gasteiger partial charge in [-0.25, -0.2) is 0 Å². The number of hydrogen-bond acceptors (Lipinski definition) is 7. The molecule has 0 saturated carbocycles. The van der Waals surface area contributed by atoms with Crippen molar-refractivity contribution < 1.29 is 22.4 Å². The van der Waals surface area contributed by atoms with Crippen LogP contribution in [-0.2, 0) is 19.1 Å². The summed E-state index contributed by atoms with van der Waals surface area (Å²) in [6.45, 7) is -0.0884. The maximum Gasteiger partial charge on any atom is 0.280 e. The second-order valence-corrected chi connectivity index (χ2v) is 5.85. The zero-order valence-electron chi connectivity index (χ0n) is 9.42. The Labute approximate surface area is 107 Å². The monoisotopic (exact) mass is 284 g/mol. The molecule has 0 amide bonds. The first-order chi connectivity index (χ1) is 8.99. The summed E-state index contributed by atoms with van der Waals surface area (Å²) in [5, 5.41) is 13.4. The number of oxime groups is 1. The summed E-state index contributed by atoms with van der Waals surface area (Å²) in [4.78, 5) is 15.1. The minimum Gasteiger partial charge on any atom is -0.388 e. The summed E-state index contributed by atoms with van der Waals surface area (Å²) < 4.78 is 28.1. The highest BCUT2D eigenvalue weighted by Gasteiger charge is 2.51. The summed E-state index contributed by atoms with van der Waals surface area (Å²) in [5.74, 6) is 0. The van der Waals surface area contributed by atoms with E-state index >= 15 is 0 Å². The van der Waals surface area contributed by atoms with E-state index < -0.39 is 26.4 Å². The molecule has 19 heavy (non-hydrogen) atoms. The molecule has 2 aliphatic rings. The van der Waals surface area contributed by atoms with E-state index in [-0.39, 0.29) is 18.0 Å². The van der Waals surface area contributed by atoms with Crippen molar-refractivity contribution in [1.82, 2.24) is 0 Å². The predicted molar refractivity (Wildman–Crippen MR) is 63.2 cm³/mol. The number of non-ortho nitro benzene ring substituents is 1. The average Bonchev–Trinajstić information content (AvgIpc) is 2.92.